The van der Waals surface area contributed by atoms with Gasteiger partial charge in [-0.25, -0.2) is 0 Å². The molecule has 1 aromatic carbocycles. The predicted molar refractivity (Wildman–Crippen MR) is 52.7 cm³/mol. The summed E-state index contributed by atoms with van der Waals surface area (Å²) >= 11 is 0. The Morgan fingerprint density at radius 1 is 1.54 bits per heavy atom. The van der Waals surface area contributed by atoms with Gasteiger partial charge >= 0.3 is 7.12 Å². The molecule has 0 unspecified atom stereocenters. The Hall–Kier alpha value is -1.06. The van der Waals surface area contributed by atoms with Crippen LogP contribution in [0.25, 0.3) is 0 Å². The van der Waals surface area contributed by atoms with Gasteiger partial charge in [-0.1, -0.05) is 30.3 Å². The Labute approximate surface area is 78.0 Å². The van der Waals surface area contributed by atoms with E-state index < -0.39 is 7.12 Å². The second-order valence-corrected chi connectivity index (χ2v) is 3.13. The third kappa shape index (κ3) is 1.41. The van der Waals surface area contributed by atoms with Gasteiger partial charge in [-0.3, -0.25) is 0 Å². The molecule has 0 saturated heterocycles. The first-order valence-corrected chi connectivity index (χ1v) is 4.36. The molecule has 3 heteroatoms. The maximum Gasteiger partial charge on any atom is 0.491 e. The molecule has 0 aliphatic carbocycles. The molecule has 0 fully saturated rings. The lowest BCUT2D eigenvalue weighted by atomic mass is 9.79. The summed E-state index contributed by atoms with van der Waals surface area (Å²) in [6.45, 7) is 3.66. The van der Waals surface area contributed by atoms with Crippen LogP contribution in [0.2, 0.25) is 0 Å². The van der Waals surface area contributed by atoms with Crippen molar-refractivity contribution < 1.29 is 9.68 Å². The highest BCUT2D eigenvalue weighted by Gasteiger charge is 2.33. The van der Waals surface area contributed by atoms with E-state index in [1.807, 2.05) is 24.3 Å². The molecule has 66 valence electrons. The zero-order chi connectivity index (χ0) is 9.26. The van der Waals surface area contributed by atoms with E-state index in [-0.39, 0.29) is 6.10 Å². The highest BCUT2D eigenvalue weighted by Crippen LogP contribution is 2.26. The minimum Gasteiger partial charge on any atom is -0.423 e. The summed E-state index contributed by atoms with van der Waals surface area (Å²) in [5.74, 6) is 0. The molecule has 1 aliphatic rings. The minimum atomic E-state index is -0.763. The number of benzene rings is 1. The molecular formula is C10H11BO2. The largest absolute Gasteiger partial charge is 0.491 e. The molecule has 0 radical (unpaired) electrons. The number of hydrogen-bond donors (Lipinski definition) is 1. The van der Waals surface area contributed by atoms with Crippen LogP contribution in [0, 0.1) is 0 Å². The summed E-state index contributed by atoms with van der Waals surface area (Å²) in [5.41, 5.74) is 1.96. The monoisotopic (exact) mass is 174 g/mol. The Balaban J connectivity index is 2.35. The topological polar surface area (TPSA) is 29.5 Å². The van der Waals surface area contributed by atoms with E-state index in [1.54, 1.807) is 6.08 Å². The van der Waals surface area contributed by atoms with Crippen molar-refractivity contribution in [3.05, 3.63) is 42.5 Å². The van der Waals surface area contributed by atoms with Crippen molar-refractivity contribution in [1.29, 1.82) is 0 Å². The molecular weight excluding hydrogens is 163 g/mol. The summed E-state index contributed by atoms with van der Waals surface area (Å²) in [5, 5.41) is 9.52. The van der Waals surface area contributed by atoms with Gasteiger partial charge in [-0.05, 0) is 17.4 Å². The number of hydrogen-bond acceptors (Lipinski definition) is 2. The fourth-order valence-electron chi connectivity index (χ4n) is 1.67. The summed E-state index contributed by atoms with van der Waals surface area (Å²) in [4.78, 5) is 0. The van der Waals surface area contributed by atoms with E-state index in [1.165, 1.54) is 0 Å². The third-order valence-corrected chi connectivity index (χ3v) is 2.28. The molecule has 0 amide bonds. The Morgan fingerprint density at radius 3 is 3.08 bits per heavy atom. The fourth-order valence-corrected chi connectivity index (χ4v) is 1.67. The first kappa shape index (κ1) is 8.54. The van der Waals surface area contributed by atoms with Gasteiger partial charge in [0.1, 0.15) is 0 Å². The zero-order valence-corrected chi connectivity index (χ0v) is 7.31. The van der Waals surface area contributed by atoms with Crippen LogP contribution in [0.15, 0.2) is 36.9 Å². The summed E-state index contributed by atoms with van der Waals surface area (Å²) in [7, 11) is -0.763. The first-order chi connectivity index (χ1) is 6.33. The molecule has 1 aliphatic heterocycles. The van der Waals surface area contributed by atoms with Crippen LogP contribution in [-0.4, -0.2) is 12.1 Å². The van der Waals surface area contributed by atoms with E-state index >= 15 is 0 Å². The van der Waals surface area contributed by atoms with Crippen LogP contribution < -0.4 is 5.46 Å². The molecule has 2 nitrogen and oxygen atoms in total. The van der Waals surface area contributed by atoms with Crippen molar-refractivity contribution in [1.82, 2.24) is 0 Å². The fraction of sp³-hybridized carbons (Fsp3) is 0.200. The quantitative estimate of drug-likeness (QED) is 0.535. The summed E-state index contributed by atoms with van der Waals surface area (Å²) in [6, 6.07) is 7.74. The second kappa shape index (κ2) is 3.36. The Kier molecular flexibility index (Phi) is 2.21. The normalized spacial score (nSPS) is 20.1. The van der Waals surface area contributed by atoms with Crippen LogP contribution in [0.4, 0.5) is 0 Å². The van der Waals surface area contributed by atoms with Crippen molar-refractivity contribution in [2.75, 3.05) is 0 Å². The van der Waals surface area contributed by atoms with Crippen molar-refractivity contribution >= 4 is 12.6 Å². The highest BCUT2D eigenvalue weighted by molar-refractivity contribution is 6.61. The van der Waals surface area contributed by atoms with Crippen LogP contribution in [0.3, 0.4) is 0 Å². The van der Waals surface area contributed by atoms with Crippen LogP contribution in [0.1, 0.15) is 18.1 Å². The van der Waals surface area contributed by atoms with Gasteiger partial charge in [0.05, 0.1) is 6.10 Å². The molecule has 1 aromatic rings. The maximum absolute atomic E-state index is 9.52. The standard InChI is InChI=1S/C10H11BO2/c1-2-5-10-8-6-3-4-7-9(8)11(12)13-10/h2-4,6-7,10,12H,1,5H2/t10-/m0/s1. The molecule has 2 rings (SSSR count). The maximum atomic E-state index is 9.52. The molecule has 0 spiro atoms. The van der Waals surface area contributed by atoms with E-state index in [2.05, 4.69) is 6.58 Å². The van der Waals surface area contributed by atoms with Gasteiger partial charge in [0, 0.05) is 0 Å². The van der Waals surface area contributed by atoms with Gasteiger partial charge in [-0.15, -0.1) is 6.58 Å². The van der Waals surface area contributed by atoms with E-state index in [9.17, 15) is 5.02 Å². The van der Waals surface area contributed by atoms with Gasteiger partial charge in [0.2, 0.25) is 0 Å². The lowest BCUT2D eigenvalue weighted by Gasteiger charge is -2.08. The molecule has 13 heavy (non-hydrogen) atoms. The van der Waals surface area contributed by atoms with Crippen LogP contribution in [-0.2, 0) is 4.65 Å². The molecule has 0 aromatic heterocycles. The Bertz CT molecular complexity index is 324. The van der Waals surface area contributed by atoms with Crippen molar-refractivity contribution in [3.8, 4) is 0 Å². The van der Waals surface area contributed by atoms with Crippen molar-refractivity contribution in [2.24, 2.45) is 0 Å². The number of fused-ring (bicyclic) bond motifs is 1. The predicted octanol–water partition coefficient (Wildman–Crippen LogP) is 1.02. The van der Waals surface area contributed by atoms with E-state index in [4.69, 9.17) is 4.65 Å². The number of rotatable bonds is 2. The van der Waals surface area contributed by atoms with Gasteiger partial charge in [-0.2, -0.15) is 0 Å². The zero-order valence-electron chi connectivity index (χ0n) is 7.31. The second-order valence-electron chi connectivity index (χ2n) is 3.13. The molecule has 1 N–H and O–H groups in total. The van der Waals surface area contributed by atoms with Gasteiger partial charge in [0.15, 0.2) is 0 Å². The SMILES string of the molecule is C=CC[C@@H]1OB(O)c2ccccc21. The van der Waals surface area contributed by atoms with Gasteiger partial charge in [0.25, 0.3) is 0 Å². The van der Waals surface area contributed by atoms with Crippen LogP contribution in [0.5, 0.6) is 0 Å². The average molecular weight is 174 g/mol. The molecule has 0 bridgehead atoms. The summed E-state index contributed by atoms with van der Waals surface area (Å²) < 4.78 is 5.36. The van der Waals surface area contributed by atoms with Crippen molar-refractivity contribution in [2.45, 2.75) is 12.5 Å². The van der Waals surface area contributed by atoms with Crippen LogP contribution >= 0.6 is 0 Å². The van der Waals surface area contributed by atoms with E-state index in [0.717, 1.165) is 17.4 Å². The average Bonchev–Trinajstić information content (AvgIpc) is 2.46. The lowest BCUT2D eigenvalue weighted by Crippen LogP contribution is -2.27. The highest BCUT2D eigenvalue weighted by atomic mass is 16.5. The van der Waals surface area contributed by atoms with E-state index in [0.29, 0.717) is 0 Å². The first-order valence-electron chi connectivity index (χ1n) is 4.36. The lowest BCUT2D eigenvalue weighted by molar-refractivity contribution is 0.193. The molecule has 1 heterocycles. The molecule has 0 saturated carbocycles. The minimum absolute atomic E-state index is 0.0244. The smallest absolute Gasteiger partial charge is 0.423 e. The van der Waals surface area contributed by atoms with Crippen molar-refractivity contribution in [3.63, 3.8) is 0 Å². The third-order valence-electron chi connectivity index (χ3n) is 2.28. The Morgan fingerprint density at radius 2 is 2.31 bits per heavy atom. The molecule has 1 atom stereocenters. The van der Waals surface area contributed by atoms with Gasteiger partial charge < -0.3 is 9.68 Å². The summed E-state index contributed by atoms with van der Waals surface area (Å²) in [6.07, 6.45) is 2.52.